The number of carbonyl (C=O) groups is 2. The molecule has 86 valence electrons. The van der Waals surface area contributed by atoms with Gasteiger partial charge >= 0.3 is 0 Å². The van der Waals surface area contributed by atoms with Gasteiger partial charge in [-0.1, -0.05) is 12.8 Å². The van der Waals surface area contributed by atoms with Gasteiger partial charge in [0.2, 0.25) is 11.8 Å². The minimum Gasteiger partial charge on any atom is -0.358 e. The topological polar surface area (TPSA) is 70.2 Å². The van der Waals surface area contributed by atoms with E-state index in [0.29, 0.717) is 12.6 Å². The lowest BCUT2D eigenvalue weighted by molar-refractivity contribution is -0.125. The number of carbonyl (C=O) groups excluding carboxylic acids is 2. The van der Waals surface area contributed by atoms with E-state index < -0.39 is 0 Å². The van der Waals surface area contributed by atoms with Crippen molar-refractivity contribution in [2.75, 3.05) is 20.1 Å². The second-order valence-corrected chi connectivity index (χ2v) is 3.81. The van der Waals surface area contributed by atoms with Crippen LogP contribution in [0, 0.1) is 0 Å². The van der Waals surface area contributed by atoms with Gasteiger partial charge in [0.25, 0.3) is 0 Å². The highest BCUT2D eigenvalue weighted by Gasteiger charge is 2.15. The minimum atomic E-state index is -0.177. The molecule has 15 heavy (non-hydrogen) atoms. The van der Waals surface area contributed by atoms with Crippen LogP contribution in [0.25, 0.3) is 0 Å². The molecule has 0 bridgehead atoms. The van der Waals surface area contributed by atoms with Gasteiger partial charge in [0, 0.05) is 13.1 Å². The third kappa shape index (κ3) is 4.78. The highest BCUT2D eigenvalue weighted by molar-refractivity contribution is 5.85. The van der Waals surface area contributed by atoms with E-state index in [9.17, 15) is 9.59 Å². The maximum absolute atomic E-state index is 11.3. The van der Waals surface area contributed by atoms with Gasteiger partial charge in [0.1, 0.15) is 0 Å². The van der Waals surface area contributed by atoms with Crippen LogP contribution in [0.3, 0.4) is 0 Å². The van der Waals surface area contributed by atoms with Gasteiger partial charge in [-0.2, -0.15) is 0 Å². The molecule has 0 heterocycles. The van der Waals surface area contributed by atoms with E-state index in [2.05, 4.69) is 16.0 Å². The molecule has 5 nitrogen and oxygen atoms in total. The van der Waals surface area contributed by atoms with Crippen molar-refractivity contribution in [2.24, 2.45) is 0 Å². The molecule has 0 saturated heterocycles. The Hall–Kier alpha value is -1.10. The summed E-state index contributed by atoms with van der Waals surface area (Å²) in [5.41, 5.74) is 0. The molecule has 0 radical (unpaired) electrons. The molecule has 0 aromatic carbocycles. The van der Waals surface area contributed by atoms with Crippen LogP contribution < -0.4 is 16.0 Å². The summed E-state index contributed by atoms with van der Waals surface area (Å²) in [6, 6.07) is 0.482. The molecule has 0 unspecified atom stereocenters. The lowest BCUT2D eigenvalue weighted by Crippen LogP contribution is -2.41. The van der Waals surface area contributed by atoms with Crippen LogP contribution in [-0.2, 0) is 9.59 Å². The van der Waals surface area contributed by atoms with Crippen molar-refractivity contribution in [1.29, 1.82) is 0 Å². The van der Waals surface area contributed by atoms with Crippen LogP contribution in [0.15, 0.2) is 0 Å². The zero-order valence-electron chi connectivity index (χ0n) is 9.14. The SMILES string of the molecule is CNC(=O)CNC(=O)CNC1CCCC1. The maximum atomic E-state index is 11.3. The average molecular weight is 213 g/mol. The Labute approximate surface area is 90.0 Å². The van der Waals surface area contributed by atoms with Crippen LogP contribution in [0.5, 0.6) is 0 Å². The molecule has 1 rings (SSSR count). The van der Waals surface area contributed by atoms with E-state index in [1.165, 1.54) is 12.8 Å². The van der Waals surface area contributed by atoms with Gasteiger partial charge in [-0.05, 0) is 12.8 Å². The first-order valence-corrected chi connectivity index (χ1v) is 5.43. The number of amides is 2. The molecule has 0 aromatic rings. The summed E-state index contributed by atoms with van der Waals surface area (Å²) in [5, 5.41) is 8.17. The second kappa shape index (κ2) is 6.40. The Morgan fingerprint density at radius 1 is 1.13 bits per heavy atom. The van der Waals surface area contributed by atoms with Crippen molar-refractivity contribution in [3.8, 4) is 0 Å². The van der Waals surface area contributed by atoms with E-state index in [1.807, 2.05) is 0 Å². The number of rotatable bonds is 5. The molecule has 1 aliphatic carbocycles. The summed E-state index contributed by atoms with van der Waals surface area (Å²) in [6.45, 7) is 0.364. The first-order valence-electron chi connectivity index (χ1n) is 5.43. The first-order chi connectivity index (χ1) is 7.22. The van der Waals surface area contributed by atoms with Gasteiger partial charge in [0.05, 0.1) is 13.1 Å². The minimum absolute atomic E-state index is 0.0572. The summed E-state index contributed by atoms with van der Waals surface area (Å²) in [7, 11) is 1.55. The van der Waals surface area contributed by atoms with Gasteiger partial charge in [-0.3, -0.25) is 9.59 Å². The Kier molecular flexibility index (Phi) is 5.10. The van der Waals surface area contributed by atoms with E-state index in [-0.39, 0.29) is 18.4 Å². The third-order valence-electron chi connectivity index (χ3n) is 2.63. The molecular weight excluding hydrogens is 194 g/mol. The van der Waals surface area contributed by atoms with Crippen LogP contribution in [0.4, 0.5) is 0 Å². The summed E-state index contributed by atoms with van der Waals surface area (Å²) >= 11 is 0. The number of likely N-dealkylation sites (N-methyl/N-ethyl adjacent to an activating group) is 1. The van der Waals surface area contributed by atoms with E-state index in [4.69, 9.17) is 0 Å². The Bertz CT molecular complexity index is 225. The fraction of sp³-hybridized carbons (Fsp3) is 0.800. The Morgan fingerprint density at radius 3 is 2.40 bits per heavy atom. The fourth-order valence-corrected chi connectivity index (χ4v) is 1.70. The van der Waals surface area contributed by atoms with Gasteiger partial charge in [-0.15, -0.1) is 0 Å². The van der Waals surface area contributed by atoms with Gasteiger partial charge in [0.15, 0.2) is 0 Å². The summed E-state index contributed by atoms with van der Waals surface area (Å²) in [4.78, 5) is 22.1. The summed E-state index contributed by atoms with van der Waals surface area (Å²) in [6.07, 6.45) is 4.81. The van der Waals surface area contributed by atoms with Crippen LogP contribution in [-0.4, -0.2) is 38.0 Å². The number of nitrogens with one attached hydrogen (secondary N) is 3. The highest BCUT2D eigenvalue weighted by atomic mass is 16.2. The molecule has 2 amide bonds. The average Bonchev–Trinajstić information content (AvgIpc) is 2.75. The molecule has 0 atom stereocenters. The Balaban J connectivity index is 2.05. The van der Waals surface area contributed by atoms with Crippen molar-refractivity contribution in [3.63, 3.8) is 0 Å². The monoisotopic (exact) mass is 213 g/mol. The van der Waals surface area contributed by atoms with Crippen LogP contribution in [0.2, 0.25) is 0 Å². The molecular formula is C10H19N3O2. The summed E-state index contributed by atoms with van der Waals surface area (Å²) in [5.74, 6) is -0.297. The van der Waals surface area contributed by atoms with Crippen molar-refractivity contribution in [3.05, 3.63) is 0 Å². The largest absolute Gasteiger partial charge is 0.358 e. The quantitative estimate of drug-likeness (QED) is 0.570. The molecule has 0 aliphatic heterocycles. The number of hydrogen-bond donors (Lipinski definition) is 3. The van der Waals surface area contributed by atoms with E-state index in [0.717, 1.165) is 12.8 Å². The molecule has 5 heteroatoms. The molecule has 0 aromatic heterocycles. The van der Waals surface area contributed by atoms with Crippen LogP contribution >= 0.6 is 0 Å². The second-order valence-electron chi connectivity index (χ2n) is 3.81. The molecule has 3 N–H and O–H groups in total. The predicted octanol–water partition coefficient (Wildman–Crippen LogP) is -0.619. The molecule has 1 aliphatic rings. The summed E-state index contributed by atoms with van der Waals surface area (Å²) < 4.78 is 0. The molecule has 1 fully saturated rings. The highest BCUT2D eigenvalue weighted by Crippen LogP contribution is 2.16. The van der Waals surface area contributed by atoms with E-state index >= 15 is 0 Å². The fourth-order valence-electron chi connectivity index (χ4n) is 1.70. The smallest absolute Gasteiger partial charge is 0.239 e. The predicted molar refractivity (Wildman–Crippen MR) is 57.3 cm³/mol. The lowest BCUT2D eigenvalue weighted by atomic mass is 10.2. The first kappa shape index (κ1) is 12.0. The van der Waals surface area contributed by atoms with Crippen molar-refractivity contribution in [1.82, 2.24) is 16.0 Å². The standard InChI is InChI=1S/C10H19N3O2/c1-11-9(14)6-13-10(15)7-12-8-4-2-3-5-8/h8,12H,2-7H2,1H3,(H,11,14)(H,13,15). The van der Waals surface area contributed by atoms with Crippen molar-refractivity contribution in [2.45, 2.75) is 31.7 Å². The van der Waals surface area contributed by atoms with E-state index in [1.54, 1.807) is 7.05 Å². The van der Waals surface area contributed by atoms with Crippen molar-refractivity contribution < 1.29 is 9.59 Å². The zero-order chi connectivity index (χ0) is 11.1. The molecule has 0 spiro atoms. The van der Waals surface area contributed by atoms with Gasteiger partial charge in [-0.25, -0.2) is 0 Å². The molecule has 1 saturated carbocycles. The van der Waals surface area contributed by atoms with Crippen LogP contribution in [0.1, 0.15) is 25.7 Å². The van der Waals surface area contributed by atoms with Crippen molar-refractivity contribution >= 4 is 11.8 Å². The maximum Gasteiger partial charge on any atom is 0.239 e. The lowest BCUT2D eigenvalue weighted by Gasteiger charge is -2.11. The Morgan fingerprint density at radius 2 is 1.80 bits per heavy atom. The van der Waals surface area contributed by atoms with Gasteiger partial charge < -0.3 is 16.0 Å². The normalized spacial score (nSPS) is 16.3. The number of hydrogen-bond acceptors (Lipinski definition) is 3. The zero-order valence-corrected chi connectivity index (χ0v) is 9.14. The third-order valence-corrected chi connectivity index (χ3v) is 2.63.